The molecule has 0 radical (unpaired) electrons. The largest absolute Gasteiger partial charge is 0.416 e. The molecule has 0 fully saturated rings. The molecule has 0 aliphatic rings. The SMILES string of the molecule is CC(=O)N=c1sc(CC#N)cn1-c1ccc(C(F)(F)F)cc1. The van der Waals surface area contributed by atoms with Crippen molar-refractivity contribution >= 4 is 17.2 Å². The number of aromatic nitrogens is 1. The molecule has 0 spiro atoms. The Kier molecular flexibility index (Phi) is 4.47. The molecule has 0 saturated heterocycles. The predicted octanol–water partition coefficient (Wildman–Crippen LogP) is 3.07. The van der Waals surface area contributed by atoms with Gasteiger partial charge >= 0.3 is 6.18 Å². The maximum Gasteiger partial charge on any atom is 0.416 e. The summed E-state index contributed by atoms with van der Waals surface area (Å²) in [6.07, 6.45) is -2.67. The zero-order valence-electron chi connectivity index (χ0n) is 11.4. The van der Waals surface area contributed by atoms with Crippen LogP contribution in [0.2, 0.25) is 0 Å². The first-order valence-electron chi connectivity index (χ1n) is 6.12. The van der Waals surface area contributed by atoms with Gasteiger partial charge in [0, 0.05) is 23.7 Å². The van der Waals surface area contributed by atoms with E-state index in [4.69, 9.17) is 5.26 Å². The molecule has 114 valence electrons. The third kappa shape index (κ3) is 3.62. The number of thiazole rings is 1. The zero-order valence-corrected chi connectivity index (χ0v) is 12.2. The lowest BCUT2D eigenvalue weighted by Gasteiger charge is -2.08. The minimum atomic E-state index is -4.41. The Morgan fingerprint density at radius 1 is 1.36 bits per heavy atom. The molecular formula is C14H10F3N3OS. The molecule has 0 saturated carbocycles. The second-order valence-corrected chi connectivity index (χ2v) is 5.45. The third-order valence-corrected chi connectivity index (χ3v) is 3.66. The van der Waals surface area contributed by atoms with Crippen molar-refractivity contribution in [2.75, 3.05) is 0 Å². The Balaban J connectivity index is 2.52. The van der Waals surface area contributed by atoms with Crippen molar-refractivity contribution in [3.8, 4) is 11.8 Å². The molecule has 8 heteroatoms. The van der Waals surface area contributed by atoms with Crippen LogP contribution in [0.1, 0.15) is 17.4 Å². The van der Waals surface area contributed by atoms with Gasteiger partial charge in [0.05, 0.1) is 18.1 Å². The van der Waals surface area contributed by atoms with Gasteiger partial charge in [-0.2, -0.15) is 23.4 Å². The molecule has 0 aliphatic heterocycles. The normalized spacial score (nSPS) is 12.2. The number of halogens is 3. The Labute approximate surface area is 127 Å². The van der Waals surface area contributed by atoms with Crippen LogP contribution in [0.3, 0.4) is 0 Å². The lowest BCUT2D eigenvalue weighted by molar-refractivity contribution is -0.137. The Morgan fingerprint density at radius 2 is 2.00 bits per heavy atom. The number of carbonyl (C=O) groups is 1. The van der Waals surface area contributed by atoms with E-state index in [9.17, 15) is 18.0 Å². The van der Waals surface area contributed by atoms with E-state index in [2.05, 4.69) is 4.99 Å². The average Bonchev–Trinajstić information content (AvgIpc) is 2.80. The minimum Gasteiger partial charge on any atom is -0.292 e. The van der Waals surface area contributed by atoms with E-state index in [1.807, 2.05) is 6.07 Å². The van der Waals surface area contributed by atoms with Crippen LogP contribution >= 0.6 is 11.3 Å². The molecule has 0 atom stereocenters. The van der Waals surface area contributed by atoms with Crippen molar-refractivity contribution < 1.29 is 18.0 Å². The van der Waals surface area contributed by atoms with Gasteiger partial charge in [0.2, 0.25) is 5.91 Å². The highest BCUT2D eigenvalue weighted by atomic mass is 32.1. The van der Waals surface area contributed by atoms with Crippen molar-refractivity contribution in [3.05, 3.63) is 45.7 Å². The zero-order chi connectivity index (χ0) is 16.3. The molecule has 0 unspecified atom stereocenters. The Bertz CT molecular complexity index is 794. The van der Waals surface area contributed by atoms with Gasteiger partial charge in [0.15, 0.2) is 4.80 Å². The van der Waals surface area contributed by atoms with Gasteiger partial charge in [-0.3, -0.25) is 9.36 Å². The molecule has 2 rings (SSSR count). The first-order valence-corrected chi connectivity index (χ1v) is 6.94. The monoisotopic (exact) mass is 325 g/mol. The summed E-state index contributed by atoms with van der Waals surface area (Å²) in [6.45, 7) is 1.28. The molecule has 1 amide bonds. The van der Waals surface area contributed by atoms with Crippen LogP contribution in [0.15, 0.2) is 35.5 Å². The van der Waals surface area contributed by atoms with E-state index in [-0.39, 0.29) is 6.42 Å². The summed E-state index contributed by atoms with van der Waals surface area (Å²) in [5.41, 5.74) is -0.317. The lowest BCUT2D eigenvalue weighted by Crippen LogP contribution is -2.14. The summed E-state index contributed by atoms with van der Waals surface area (Å²) < 4.78 is 39.2. The molecule has 2 aromatic rings. The van der Waals surface area contributed by atoms with Crippen molar-refractivity contribution in [1.29, 1.82) is 5.26 Å². The molecule has 0 aliphatic carbocycles. The molecule has 1 aromatic heterocycles. The van der Waals surface area contributed by atoms with E-state index in [0.717, 1.165) is 23.5 Å². The number of nitrogens with zero attached hydrogens (tertiary/aromatic N) is 3. The maximum atomic E-state index is 12.6. The second kappa shape index (κ2) is 6.15. The lowest BCUT2D eigenvalue weighted by atomic mass is 10.2. The number of alkyl halides is 3. The van der Waals surface area contributed by atoms with Crippen molar-refractivity contribution in [2.45, 2.75) is 19.5 Å². The number of amides is 1. The van der Waals surface area contributed by atoms with Crippen LogP contribution in [-0.2, 0) is 17.4 Å². The summed E-state index contributed by atoms with van der Waals surface area (Å²) >= 11 is 1.15. The molecule has 0 bridgehead atoms. The second-order valence-electron chi connectivity index (χ2n) is 4.36. The van der Waals surface area contributed by atoms with Crippen LogP contribution in [0.4, 0.5) is 13.2 Å². The highest BCUT2D eigenvalue weighted by Gasteiger charge is 2.30. The quantitative estimate of drug-likeness (QED) is 0.852. The molecule has 4 nitrogen and oxygen atoms in total. The van der Waals surface area contributed by atoms with Gasteiger partial charge in [-0.15, -0.1) is 11.3 Å². The number of hydrogen-bond acceptors (Lipinski definition) is 3. The van der Waals surface area contributed by atoms with Crippen molar-refractivity contribution in [3.63, 3.8) is 0 Å². The van der Waals surface area contributed by atoms with E-state index < -0.39 is 17.6 Å². The van der Waals surface area contributed by atoms with Gasteiger partial charge in [-0.25, -0.2) is 0 Å². The number of rotatable bonds is 2. The predicted molar refractivity (Wildman–Crippen MR) is 74.2 cm³/mol. The fraction of sp³-hybridized carbons (Fsp3) is 0.214. The minimum absolute atomic E-state index is 0.138. The average molecular weight is 325 g/mol. The molecule has 22 heavy (non-hydrogen) atoms. The molecule has 0 N–H and O–H groups in total. The standard InChI is InChI=1S/C14H10F3N3OS/c1-9(21)19-13-20(8-12(22-13)6-7-18)11-4-2-10(3-5-11)14(15,16)17/h2-5,8H,6H2,1H3. The molecule has 1 heterocycles. The van der Waals surface area contributed by atoms with E-state index in [1.165, 1.54) is 23.6 Å². The first kappa shape index (κ1) is 16.0. The summed E-state index contributed by atoms with van der Waals surface area (Å²) in [7, 11) is 0. The Hall–Kier alpha value is -2.40. The topological polar surface area (TPSA) is 58.1 Å². The first-order chi connectivity index (χ1) is 10.3. The van der Waals surface area contributed by atoms with Gasteiger partial charge in [-0.1, -0.05) is 0 Å². The van der Waals surface area contributed by atoms with Gasteiger partial charge in [0.25, 0.3) is 0 Å². The summed E-state index contributed by atoms with van der Waals surface area (Å²) in [5.74, 6) is -0.425. The molecule has 1 aromatic carbocycles. The Morgan fingerprint density at radius 3 is 2.50 bits per heavy atom. The summed E-state index contributed by atoms with van der Waals surface area (Å²) in [4.78, 5) is 16.0. The van der Waals surface area contributed by atoms with E-state index >= 15 is 0 Å². The number of hydrogen-bond donors (Lipinski definition) is 0. The summed E-state index contributed by atoms with van der Waals surface area (Å²) in [5, 5.41) is 8.72. The number of nitriles is 1. The van der Waals surface area contributed by atoms with Gasteiger partial charge in [-0.05, 0) is 24.3 Å². The van der Waals surface area contributed by atoms with Crippen LogP contribution in [-0.4, -0.2) is 10.5 Å². The van der Waals surface area contributed by atoms with Gasteiger partial charge in [0.1, 0.15) is 0 Å². The number of benzene rings is 1. The third-order valence-electron chi connectivity index (χ3n) is 2.68. The highest BCUT2D eigenvalue weighted by molar-refractivity contribution is 7.09. The van der Waals surface area contributed by atoms with Gasteiger partial charge < -0.3 is 0 Å². The van der Waals surface area contributed by atoms with Crippen LogP contribution in [0, 0.1) is 11.3 Å². The van der Waals surface area contributed by atoms with E-state index in [1.54, 1.807) is 6.20 Å². The maximum absolute atomic E-state index is 12.6. The van der Waals surface area contributed by atoms with Crippen LogP contribution < -0.4 is 4.80 Å². The summed E-state index contributed by atoms with van der Waals surface area (Å²) in [6, 6.07) is 6.49. The molecular weight excluding hydrogens is 315 g/mol. The van der Waals surface area contributed by atoms with Crippen LogP contribution in [0.5, 0.6) is 0 Å². The fourth-order valence-electron chi connectivity index (χ4n) is 1.76. The van der Waals surface area contributed by atoms with Crippen molar-refractivity contribution in [2.24, 2.45) is 4.99 Å². The fourth-order valence-corrected chi connectivity index (χ4v) is 2.72. The van der Waals surface area contributed by atoms with E-state index in [0.29, 0.717) is 15.4 Å². The van der Waals surface area contributed by atoms with Crippen molar-refractivity contribution in [1.82, 2.24) is 4.57 Å². The highest BCUT2D eigenvalue weighted by Crippen LogP contribution is 2.29. The smallest absolute Gasteiger partial charge is 0.292 e. The number of carbonyl (C=O) groups excluding carboxylic acids is 1. The van der Waals surface area contributed by atoms with Crippen LogP contribution in [0.25, 0.3) is 5.69 Å².